The normalized spacial score (nSPS) is 12.3. The number of aryl methyl sites for hydroxylation is 1. The largest absolute Gasteiger partial charge is 0.308 e. The third kappa shape index (κ3) is 3.87. The molecule has 3 nitrogen and oxygen atoms in total. The summed E-state index contributed by atoms with van der Waals surface area (Å²) in [6.45, 7) is 5.38. The van der Waals surface area contributed by atoms with Gasteiger partial charge in [-0.1, -0.05) is 19.9 Å². The Morgan fingerprint density at radius 3 is 2.60 bits per heavy atom. The van der Waals surface area contributed by atoms with Crippen molar-refractivity contribution in [1.82, 2.24) is 15.3 Å². The number of rotatable bonds is 7. The molecule has 2 aromatic heterocycles. The summed E-state index contributed by atoms with van der Waals surface area (Å²) in [5.74, 6) is 0. The number of nitrogens with one attached hydrogen (secondary N) is 1. The van der Waals surface area contributed by atoms with Gasteiger partial charge in [-0.25, -0.2) is 0 Å². The molecule has 0 bridgehead atoms. The molecule has 0 radical (unpaired) electrons. The maximum atomic E-state index is 4.62. The van der Waals surface area contributed by atoms with Crippen molar-refractivity contribution < 1.29 is 0 Å². The van der Waals surface area contributed by atoms with E-state index in [2.05, 4.69) is 47.3 Å². The molecule has 0 fully saturated rings. The highest BCUT2D eigenvalue weighted by molar-refractivity contribution is 5.25. The minimum atomic E-state index is 0.272. The second kappa shape index (κ2) is 7.75. The van der Waals surface area contributed by atoms with Crippen molar-refractivity contribution in [2.24, 2.45) is 0 Å². The number of hydrogen-bond acceptors (Lipinski definition) is 3. The Morgan fingerprint density at radius 1 is 1.10 bits per heavy atom. The van der Waals surface area contributed by atoms with E-state index < -0.39 is 0 Å². The van der Waals surface area contributed by atoms with Gasteiger partial charge in [-0.05, 0) is 55.1 Å². The summed E-state index contributed by atoms with van der Waals surface area (Å²) in [5.41, 5.74) is 3.80. The lowest BCUT2D eigenvalue weighted by Crippen LogP contribution is -2.26. The zero-order valence-corrected chi connectivity index (χ0v) is 12.3. The van der Waals surface area contributed by atoms with E-state index in [9.17, 15) is 0 Å². The quantitative estimate of drug-likeness (QED) is 0.838. The van der Waals surface area contributed by atoms with Gasteiger partial charge in [-0.3, -0.25) is 9.97 Å². The van der Waals surface area contributed by atoms with Crippen LogP contribution in [0, 0.1) is 0 Å². The van der Waals surface area contributed by atoms with Crippen LogP contribution in [0.5, 0.6) is 0 Å². The van der Waals surface area contributed by atoms with Crippen LogP contribution in [0.1, 0.15) is 43.1 Å². The second-order valence-electron chi connectivity index (χ2n) is 4.97. The molecule has 1 N–H and O–H groups in total. The fraction of sp³-hybridized carbons (Fsp3) is 0.412. The molecule has 1 unspecified atom stereocenters. The maximum absolute atomic E-state index is 4.62. The summed E-state index contributed by atoms with van der Waals surface area (Å²) in [6, 6.07) is 8.62. The van der Waals surface area contributed by atoms with Gasteiger partial charge < -0.3 is 5.32 Å². The predicted octanol–water partition coefficient (Wildman–Crippen LogP) is 3.32. The fourth-order valence-corrected chi connectivity index (χ4v) is 2.40. The van der Waals surface area contributed by atoms with Crippen LogP contribution in [0.15, 0.2) is 42.9 Å². The average molecular weight is 269 g/mol. The highest BCUT2D eigenvalue weighted by Gasteiger charge is 2.15. The summed E-state index contributed by atoms with van der Waals surface area (Å²) < 4.78 is 0. The molecular formula is C17H23N3. The van der Waals surface area contributed by atoms with Crippen LogP contribution in [0.3, 0.4) is 0 Å². The lowest BCUT2D eigenvalue weighted by atomic mass is 9.99. The molecule has 0 amide bonds. The zero-order chi connectivity index (χ0) is 14.2. The smallest absolute Gasteiger partial charge is 0.0608 e. The van der Waals surface area contributed by atoms with Crippen LogP contribution in [-0.2, 0) is 12.8 Å². The molecule has 1 atom stereocenters. The second-order valence-corrected chi connectivity index (χ2v) is 4.97. The van der Waals surface area contributed by atoms with Gasteiger partial charge in [-0.15, -0.1) is 0 Å². The van der Waals surface area contributed by atoms with Crippen molar-refractivity contribution in [3.63, 3.8) is 0 Å². The SMILES string of the molecule is CCCNC(Cc1ccncc1)c1ncccc1CC. The Morgan fingerprint density at radius 2 is 1.90 bits per heavy atom. The van der Waals surface area contributed by atoms with Crippen molar-refractivity contribution in [3.05, 3.63) is 59.7 Å². The number of nitrogens with zero attached hydrogens (tertiary/aromatic N) is 2. The summed E-state index contributed by atoms with van der Waals surface area (Å²) in [6.07, 6.45) is 8.69. The number of pyridine rings is 2. The van der Waals surface area contributed by atoms with E-state index in [0.29, 0.717) is 0 Å². The van der Waals surface area contributed by atoms with Crippen LogP contribution in [0.4, 0.5) is 0 Å². The molecule has 20 heavy (non-hydrogen) atoms. The topological polar surface area (TPSA) is 37.8 Å². The molecule has 2 rings (SSSR count). The fourth-order valence-electron chi connectivity index (χ4n) is 2.40. The summed E-state index contributed by atoms with van der Waals surface area (Å²) in [5, 5.41) is 3.63. The molecule has 0 saturated heterocycles. The molecule has 2 aromatic rings. The van der Waals surface area contributed by atoms with Crippen LogP contribution in [0.2, 0.25) is 0 Å². The van der Waals surface area contributed by atoms with E-state index in [0.717, 1.165) is 25.8 Å². The highest BCUT2D eigenvalue weighted by Crippen LogP contribution is 2.20. The summed E-state index contributed by atoms with van der Waals surface area (Å²) >= 11 is 0. The van der Waals surface area contributed by atoms with Gasteiger partial charge in [-0.2, -0.15) is 0 Å². The summed E-state index contributed by atoms with van der Waals surface area (Å²) in [4.78, 5) is 8.71. The minimum absolute atomic E-state index is 0.272. The van der Waals surface area contributed by atoms with Gasteiger partial charge in [0.2, 0.25) is 0 Å². The van der Waals surface area contributed by atoms with Crippen LogP contribution >= 0.6 is 0 Å². The van der Waals surface area contributed by atoms with Gasteiger partial charge in [0.25, 0.3) is 0 Å². The van der Waals surface area contributed by atoms with E-state index >= 15 is 0 Å². The van der Waals surface area contributed by atoms with E-state index in [1.165, 1.54) is 16.8 Å². The third-order valence-corrected chi connectivity index (χ3v) is 3.47. The van der Waals surface area contributed by atoms with Crippen LogP contribution in [0.25, 0.3) is 0 Å². The van der Waals surface area contributed by atoms with Gasteiger partial charge in [0.05, 0.1) is 11.7 Å². The first kappa shape index (κ1) is 14.7. The highest BCUT2D eigenvalue weighted by atomic mass is 14.9. The first-order valence-electron chi connectivity index (χ1n) is 7.41. The number of hydrogen-bond donors (Lipinski definition) is 1. The standard InChI is InChI=1S/C17H23N3/c1-3-9-19-16(13-14-7-11-18-12-8-14)17-15(4-2)6-5-10-20-17/h5-8,10-12,16,19H,3-4,9,13H2,1-2H3. The Kier molecular flexibility index (Phi) is 5.69. The van der Waals surface area contributed by atoms with Gasteiger partial charge in [0.15, 0.2) is 0 Å². The Labute approximate surface area is 121 Å². The molecule has 2 heterocycles. The third-order valence-electron chi connectivity index (χ3n) is 3.47. The summed E-state index contributed by atoms with van der Waals surface area (Å²) in [7, 11) is 0. The van der Waals surface area contributed by atoms with Gasteiger partial charge in [0.1, 0.15) is 0 Å². The molecule has 0 aliphatic rings. The maximum Gasteiger partial charge on any atom is 0.0608 e. The van der Waals surface area contributed by atoms with Crippen LogP contribution < -0.4 is 5.32 Å². The van der Waals surface area contributed by atoms with Gasteiger partial charge in [0, 0.05) is 18.6 Å². The lowest BCUT2D eigenvalue weighted by Gasteiger charge is -2.20. The zero-order valence-electron chi connectivity index (χ0n) is 12.3. The lowest BCUT2D eigenvalue weighted by molar-refractivity contribution is 0.513. The molecule has 106 valence electrons. The van der Waals surface area contributed by atoms with E-state index in [4.69, 9.17) is 0 Å². The monoisotopic (exact) mass is 269 g/mol. The Bertz CT molecular complexity index is 511. The van der Waals surface area contributed by atoms with Crippen molar-refractivity contribution in [1.29, 1.82) is 0 Å². The van der Waals surface area contributed by atoms with Crippen molar-refractivity contribution in [2.75, 3.05) is 6.54 Å². The van der Waals surface area contributed by atoms with E-state index in [-0.39, 0.29) is 6.04 Å². The van der Waals surface area contributed by atoms with Crippen LogP contribution in [-0.4, -0.2) is 16.5 Å². The van der Waals surface area contributed by atoms with Crippen molar-refractivity contribution in [2.45, 2.75) is 39.2 Å². The Hall–Kier alpha value is -1.74. The predicted molar refractivity (Wildman–Crippen MR) is 82.6 cm³/mol. The average Bonchev–Trinajstić information content (AvgIpc) is 2.52. The van der Waals surface area contributed by atoms with Crippen molar-refractivity contribution >= 4 is 0 Å². The Balaban J connectivity index is 2.22. The van der Waals surface area contributed by atoms with E-state index in [1.54, 1.807) is 0 Å². The molecule has 0 aliphatic carbocycles. The molecule has 0 saturated carbocycles. The first-order chi connectivity index (χ1) is 9.85. The molecule has 0 aromatic carbocycles. The van der Waals surface area contributed by atoms with E-state index in [1.807, 2.05) is 24.7 Å². The molecule has 3 heteroatoms. The minimum Gasteiger partial charge on any atom is -0.308 e. The van der Waals surface area contributed by atoms with Crippen molar-refractivity contribution in [3.8, 4) is 0 Å². The molecular weight excluding hydrogens is 246 g/mol. The first-order valence-corrected chi connectivity index (χ1v) is 7.41. The molecule has 0 aliphatic heterocycles. The van der Waals surface area contributed by atoms with Gasteiger partial charge >= 0.3 is 0 Å². The molecule has 0 spiro atoms. The number of aromatic nitrogens is 2.